The number of rotatable bonds is 5. The second kappa shape index (κ2) is 7.88. The first-order valence-electron chi connectivity index (χ1n) is 7.71. The lowest BCUT2D eigenvalue weighted by atomic mass is 10.2. The lowest BCUT2D eigenvalue weighted by molar-refractivity contribution is 0.327. The molecule has 0 atom stereocenters. The minimum Gasteiger partial charge on any atom is -0.493 e. The van der Waals surface area contributed by atoms with Gasteiger partial charge in [-0.2, -0.15) is 10.4 Å². The first-order chi connectivity index (χ1) is 13.0. The van der Waals surface area contributed by atoms with Gasteiger partial charge >= 0.3 is 5.69 Å². The van der Waals surface area contributed by atoms with Gasteiger partial charge in [0.1, 0.15) is 6.07 Å². The molecule has 3 rings (SSSR count). The average molecular weight is 429 g/mol. The van der Waals surface area contributed by atoms with Crippen LogP contribution in [0.5, 0.6) is 11.5 Å². The summed E-state index contributed by atoms with van der Waals surface area (Å²) in [5.41, 5.74) is -0.162. The van der Waals surface area contributed by atoms with Gasteiger partial charge in [-0.1, -0.05) is 12.1 Å². The standard InChI is InChI=1S/C18H13BrN4O4/c1-26-15-9-11(8-13(19)16(15)27-7-6-20)10-21-23-17(24)12-4-2-3-5-14(12)22-18(23)25/h2-5,8-10H,7H2,1H3,(H,22,25). The van der Waals surface area contributed by atoms with Crippen LogP contribution in [0.2, 0.25) is 0 Å². The van der Waals surface area contributed by atoms with Gasteiger partial charge in [0.2, 0.25) is 0 Å². The van der Waals surface area contributed by atoms with E-state index in [9.17, 15) is 9.59 Å². The van der Waals surface area contributed by atoms with Crippen LogP contribution in [0.4, 0.5) is 0 Å². The number of methoxy groups -OCH3 is 1. The third kappa shape index (κ3) is 3.75. The van der Waals surface area contributed by atoms with E-state index in [-0.39, 0.29) is 6.61 Å². The van der Waals surface area contributed by atoms with Crippen molar-refractivity contribution in [1.82, 2.24) is 9.66 Å². The van der Waals surface area contributed by atoms with Gasteiger partial charge in [-0.05, 0) is 45.8 Å². The van der Waals surface area contributed by atoms with Crippen molar-refractivity contribution < 1.29 is 9.47 Å². The number of ether oxygens (including phenoxy) is 2. The Bertz CT molecular complexity index is 1190. The van der Waals surface area contributed by atoms with Gasteiger partial charge in [-0.3, -0.25) is 4.79 Å². The molecule has 1 N–H and O–H groups in total. The fourth-order valence-electron chi connectivity index (χ4n) is 2.44. The van der Waals surface area contributed by atoms with Gasteiger partial charge in [0.05, 0.1) is 28.7 Å². The maximum atomic E-state index is 12.5. The SMILES string of the molecule is COc1cc(C=Nn2c(=O)[nH]c3ccccc3c2=O)cc(Br)c1OCC#N. The number of H-pyrrole nitrogens is 1. The third-order valence-corrected chi connectivity index (χ3v) is 4.23. The molecule has 0 amide bonds. The van der Waals surface area contributed by atoms with E-state index in [0.717, 1.165) is 4.68 Å². The number of aromatic nitrogens is 2. The summed E-state index contributed by atoms with van der Waals surface area (Å²) in [6, 6.07) is 11.9. The van der Waals surface area contributed by atoms with E-state index in [1.54, 1.807) is 36.4 Å². The van der Waals surface area contributed by atoms with Crippen LogP contribution in [-0.4, -0.2) is 29.6 Å². The van der Waals surface area contributed by atoms with Crippen LogP contribution in [0.15, 0.2) is 55.6 Å². The van der Waals surface area contributed by atoms with Crippen LogP contribution in [-0.2, 0) is 0 Å². The van der Waals surface area contributed by atoms with E-state index in [0.29, 0.717) is 32.4 Å². The maximum absolute atomic E-state index is 12.5. The smallest absolute Gasteiger partial charge is 0.349 e. The number of nitrogens with one attached hydrogen (secondary N) is 1. The lowest BCUT2D eigenvalue weighted by Gasteiger charge is -2.11. The molecular weight excluding hydrogens is 416 g/mol. The predicted molar refractivity (Wildman–Crippen MR) is 104 cm³/mol. The van der Waals surface area contributed by atoms with Gasteiger partial charge < -0.3 is 14.5 Å². The van der Waals surface area contributed by atoms with Crippen molar-refractivity contribution in [2.75, 3.05) is 13.7 Å². The zero-order valence-electron chi connectivity index (χ0n) is 14.1. The predicted octanol–water partition coefficient (Wildman–Crippen LogP) is 2.25. The number of hydrogen-bond acceptors (Lipinski definition) is 6. The molecule has 0 unspecified atom stereocenters. The number of nitriles is 1. The third-order valence-electron chi connectivity index (χ3n) is 3.64. The minimum absolute atomic E-state index is 0.135. The molecule has 136 valence electrons. The van der Waals surface area contributed by atoms with Crippen LogP contribution in [0.25, 0.3) is 10.9 Å². The van der Waals surface area contributed by atoms with E-state index in [4.69, 9.17) is 14.7 Å². The number of para-hydroxylation sites is 1. The highest BCUT2D eigenvalue weighted by Gasteiger charge is 2.11. The first kappa shape index (κ1) is 18.4. The molecule has 0 spiro atoms. The highest BCUT2D eigenvalue weighted by atomic mass is 79.9. The molecule has 9 heteroatoms. The van der Waals surface area contributed by atoms with Crippen molar-refractivity contribution in [2.45, 2.75) is 0 Å². The molecular formula is C18H13BrN4O4. The number of halogens is 1. The van der Waals surface area contributed by atoms with E-state index >= 15 is 0 Å². The summed E-state index contributed by atoms with van der Waals surface area (Å²) in [7, 11) is 1.46. The Labute approximate surface area is 161 Å². The zero-order chi connectivity index (χ0) is 19.4. The summed E-state index contributed by atoms with van der Waals surface area (Å²) in [6.07, 6.45) is 1.35. The van der Waals surface area contributed by atoms with E-state index in [1.165, 1.54) is 13.3 Å². The minimum atomic E-state index is -0.644. The molecule has 0 aliphatic rings. The summed E-state index contributed by atoms with van der Waals surface area (Å²) in [5.74, 6) is 0.748. The van der Waals surface area contributed by atoms with Crippen molar-refractivity contribution in [3.05, 3.63) is 67.3 Å². The first-order valence-corrected chi connectivity index (χ1v) is 8.50. The fraction of sp³-hybridized carbons (Fsp3) is 0.111. The summed E-state index contributed by atoms with van der Waals surface area (Å²) in [6.45, 7) is -0.135. The summed E-state index contributed by atoms with van der Waals surface area (Å²) >= 11 is 3.34. The molecule has 0 fully saturated rings. The van der Waals surface area contributed by atoms with Gasteiger partial charge in [0.15, 0.2) is 18.1 Å². The van der Waals surface area contributed by atoms with E-state index < -0.39 is 11.2 Å². The molecule has 27 heavy (non-hydrogen) atoms. The quantitative estimate of drug-likeness (QED) is 0.626. The van der Waals surface area contributed by atoms with Gasteiger partial charge in [-0.15, -0.1) is 4.68 Å². The summed E-state index contributed by atoms with van der Waals surface area (Å²) in [4.78, 5) is 27.2. The van der Waals surface area contributed by atoms with Crippen molar-refractivity contribution in [3.63, 3.8) is 0 Å². The van der Waals surface area contributed by atoms with Crippen molar-refractivity contribution in [2.24, 2.45) is 5.10 Å². The highest BCUT2D eigenvalue weighted by Crippen LogP contribution is 2.36. The van der Waals surface area contributed by atoms with E-state index in [1.807, 2.05) is 6.07 Å². The van der Waals surface area contributed by atoms with E-state index in [2.05, 4.69) is 26.0 Å². The van der Waals surface area contributed by atoms with Gasteiger partial charge in [0, 0.05) is 0 Å². The zero-order valence-corrected chi connectivity index (χ0v) is 15.7. The van der Waals surface area contributed by atoms with Crippen molar-refractivity contribution >= 4 is 33.0 Å². The molecule has 1 heterocycles. The molecule has 0 aliphatic heterocycles. The van der Waals surface area contributed by atoms with Gasteiger partial charge in [-0.25, -0.2) is 4.79 Å². The van der Waals surface area contributed by atoms with Crippen LogP contribution < -0.4 is 20.7 Å². The second-order valence-electron chi connectivity index (χ2n) is 5.32. The summed E-state index contributed by atoms with van der Waals surface area (Å²) in [5, 5.41) is 13.0. The molecule has 3 aromatic rings. The molecule has 0 aliphatic carbocycles. The molecule has 0 radical (unpaired) electrons. The fourth-order valence-corrected chi connectivity index (χ4v) is 3.02. The normalized spacial score (nSPS) is 10.9. The largest absolute Gasteiger partial charge is 0.493 e. The molecule has 2 aromatic carbocycles. The van der Waals surface area contributed by atoms with Crippen LogP contribution in [0, 0.1) is 11.3 Å². The number of hydrogen-bond donors (Lipinski definition) is 1. The lowest BCUT2D eigenvalue weighted by Crippen LogP contribution is -2.32. The number of aromatic amines is 1. The Hall–Kier alpha value is -3.38. The monoisotopic (exact) mass is 428 g/mol. The molecule has 0 bridgehead atoms. The Morgan fingerprint density at radius 2 is 2.11 bits per heavy atom. The number of fused-ring (bicyclic) bond motifs is 1. The Kier molecular flexibility index (Phi) is 5.38. The number of benzene rings is 2. The molecule has 1 aromatic heterocycles. The summed E-state index contributed by atoms with van der Waals surface area (Å²) < 4.78 is 11.9. The van der Waals surface area contributed by atoms with Gasteiger partial charge in [0.25, 0.3) is 5.56 Å². The molecule has 0 saturated heterocycles. The average Bonchev–Trinajstić information content (AvgIpc) is 2.66. The van der Waals surface area contributed by atoms with Crippen LogP contribution in [0.3, 0.4) is 0 Å². The Morgan fingerprint density at radius 3 is 2.85 bits per heavy atom. The van der Waals surface area contributed by atoms with Crippen molar-refractivity contribution in [3.8, 4) is 17.6 Å². The topological polar surface area (TPSA) is 109 Å². The Morgan fingerprint density at radius 1 is 1.33 bits per heavy atom. The molecule has 8 nitrogen and oxygen atoms in total. The second-order valence-corrected chi connectivity index (χ2v) is 6.17. The van der Waals surface area contributed by atoms with Crippen LogP contribution in [0.1, 0.15) is 5.56 Å². The van der Waals surface area contributed by atoms with Crippen LogP contribution >= 0.6 is 15.9 Å². The van der Waals surface area contributed by atoms with Crippen molar-refractivity contribution in [1.29, 1.82) is 5.26 Å². The Balaban J connectivity index is 2.03. The molecule has 0 saturated carbocycles. The maximum Gasteiger partial charge on any atom is 0.349 e. The highest BCUT2D eigenvalue weighted by molar-refractivity contribution is 9.10. The number of nitrogens with zero attached hydrogens (tertiary/aromatic N) is 3.